The van der Waals surface area contributed by atoms with Gasteiger partial charge in [0.05, 0.1) is 12.2 Å². The third-order valence-corrected chi connectivity index (χ3v) is 2.63. The molecule has 19 heavy (non-hydrogen) atoms. The van der Waals surface area contributed by atoms with Crippen molar-refractivity contribution in [1.29, 1.82) is 0 Å². The van der Waals surface area contributed by atoms with Crippen molar-refractivity contribution in [3.63, 3.8) is 0 Å². The highest BCUT2D eigenvalue weighted by Gasteiger charge is 2.16. The van der Waals surface area contributed by atoms with Crippen LogP contribution in [0.15, 0.2) is 18.2 Å². The largest absolute Gasteiger partial charge is 0.507 e. The smallest absolute Gasteiger partial charge is 0.123 e. The van der Waals surface area contributed by atoms with Crippen molar-refractivity contribution in [1.82, 2.24) is 4.90 Å². The maximum atomic E-state index is 9.97. The maximum Gasteiger partial charge on any atom is 0.123 e. The Morgan fingerprint density at radius 2 is 2.00 bits per heavy atom. The standard InChI is InChI=1S/C15H25NO3/c1-5-8-19-13-7-6-12(14(17)9-13)10-16(4)11-15(2,3)18/h6-7,9,17-18H,5,8,10-11H2,1-4H3. The molecule has 0 amide bonds. The van der Waals surface area contributed by atoms with E-state index in [-0.39, 0.29) is 5.75 Å². The lowest BCUT2D eigenvalue weighted by Crippen LogP contribution is -2.35. The Kier molecular flexibility index (Phi) is 5.63. The van der Waals surface area contributed by atoms with E-state index in [1.54, 1.807) is 19.9 Å². The first-order valence-corrected chi connectivity index (χ1v) is 6.67. The van der Waals surface area contributed by atoms with Gasteiger partial charge in [-0.2, -0.15) is 0 Å². The molecule has 0 heterocycles. The minimum atomic E-state index is -0.742. The van der Waals surface area contributed by atoms with Crippen LogP contribution >= 0.6 is 0 Å². The van der Waals surface area contributed by atoms with Crippen LogP contribution in [0.5, 0.6) is 11.5 Å². The van der Waals surface area contributed by atoms with Gasteiger partial charge in [0, 0.05) is 24.7 Å². The Labute approximate surface area is 115 Å². The zero-order valence-corrected chi connectivity index (χ0v) is 12.3. The number of rotatable bonds is 7. The van der Waals surface area contributed by atoms with E-state index in [1.807, 2.05) is 31.0 Å². The molecule has 0 aromatic heterocycles. The number of benzene rings is 1. The first-order chi connectivity index (χ1) is 8.81. The fourth-order valence-corrected chi connectivity index (χ4v) is 1.99. The topological polar surface area (TPSA) is 52.9 Å². The molecular weight excluding hydrogens is 242 g/mol. The van der Waals surface area contributed by atoms with Gasteiger partial charge < -0.3 is 14.9 Å². The summed E-state index contributed by atoms with van der Waals surface area (Å²) < 4.78 is 5.46. The van der Waals surface area contributed by atoms with Gasteiger partial charge in [0.15, 0.2) is 0 Å². The van der Waals surface area contributed by atoms with Gasteiger partial charge in [-0.05, 0) is 33.4 Å². The van der Waals surface area contributed by atoms with Crippen LogP contribution in [0.25, 0.3) is 0 Å². The molecule has 2 N–H and O–H groups in total. The van der Waals surface area contributed by atoms with Crippen molar-refractivity contribution in [2.24, 2.45) is 0 Å². The van der Waals surface area contributed by atoms with Crippen molar-refractivity contribution in [2.45, 2.75) is 39.3 Å². The summed E-state index contributed by atoms with van der Waals surface area (Å²) in [5.74, 6) is 0.921. The summed E-state index contributed by atoms with van der Waals surface area (Å²) in [5, 5.41) is 19.7. The van der Waals surface area contributed by atoms with Gasteiger partial charge in [0.25, 0.3) is 0 Å². The normalized spacial score (nSPS) is 11.9. The van der Waals surface area contributed by atoms with Gasteiger partial charge in [-0.3, -0.25) is 4.90 Å². The lowest BCUT2D eigenvalue weighted by atomic mass is 10.1. The van der Waals surface area contributed by atoms with Gasteiger partial charge in [-0.15, -0.1) is 0 Å². The highest BCUT2D eigenvalue weighted by atomic mass is 16.5. The van der Waals surface area contributed by atoms with Crippen LogP contribution in [-0.4, -0.2) is 40.9 Å². The molecule has 0 unspecified atom stereocenters. The number of aliphatic hydroxyl groups is 1. The third kappa shape index (κ3) is 5.94. The van der Waals surface area contributed by atoms with E-state index >= 15 is 0 Å². The van der Waals surface area contributed by atoms with Crippen molar-refractivity contribution in [3.05, 3.63) is 23.8 Å². The van der Waals surface area contributed by atoms with Gasteiger partial charge in [0.2, 0.25) is 0 Å². The van der Waals surface area contributed by atoms with E-state index in [2.05, 4.69) is 0 Å². The monoisotopic (exact) mass is 267 g/mol. The number of hydrogen-bond acceptors (Lipinski definition) is 4. The minimum Gasteiger partial charge on any atom is -0.507 e. The van der Waals surface area contributed by atoms with Crippen LogP contribution in [0.2, 0.25) is 0 Å². The number of phenolic OH excluding ortho intramolecular Hbond substituents is 1. The molecule has 0 fully saturated rings. The van der Waals surface area contributed by atoms with Crippen LogP contribution in [0.3, 0.4) is 0 Å². The molecule has 1 aromatic carbocycles. The van der Waals surface area contributed by atoms with Crippen molar-refractivity contribution in [2.75, 3.05) is 20.2 Å². The average Bonchev–Trinajstić information content (AvgIpc) is 2.27. The van der Waals surface area contributed by atoms with Gasteiger partial charge >= 0.3 is 0 Å². The number of hydrogen-bond donors (Lipinski definition) is 2. The first kappa shape index (κ1) is 15.8. The quantitative estimate of drug-likeness (QED) is 0.796. The molecule has 4 nitrogen and oxygen atoms in total. The lowest BCUT2D eigenvalue weighted by Gasteiger charge is -2.25. The van der Waals surface area contributed by atoms with Crippen LogP contribution in [-0.2, 0) is 6.54 Å². The second-order valence-corrected chi connectivity index (χ2v) is 5.62. The average molecular weight is 267 g/mol. The van der Waals surface area contributed by atoms with E-state index < -0.39 is 5.60 Å². The Balaban J connectivity index is 2.64. The molecule has 0 saturated heterocycles. The molecule has 108 valence electrons. The van der Waals surface area contributed by atoms with Crippen molar-refractivity contribution >= 4 is 0 Å². The molecule has 0 aliphatic heterocycles. The number of aromatic hydroxyl groups is 1. The molecule has 1 rings (SSSR count). The summed E-state index contributed by atoms with van der Waals surface area (Å²) in [6.07, 6.45) is 0.941. The van der Waals surface area contributed by atoms with E-state index in [9.17, 15) is 10.2 Å². The van der Waals surface area contributed by atoms with Crippen LogP contribution < -0.4 is 4.74 Å². The lowest BCUT2D eigenvalue weighted by molar-refractivity contribution is 0.0422. The van der Waals surface area contributed by atoms with Crippen molar-refractivity contribution in [3.8, 4) is 11.5 Å². The number of likely N-dealkylation sites (N-methyl/N-ethyl adjacent to an activating group) is 1. The van der Waals surface area contributed by atoms with Crippen LogP contribution in [0, 0.1) is 0 Å². The first-order valence-electron chi connectivity index (χ1n) is 6.67. The summed E-state index contributed by atoms with van der Waals surface area (Å²) in [5.41, 5.74) is 0.0877. The van der Waals surface area contributed by atoms with Gasteiger partial charge in [-0.25, -0.2) is 0 Å². The molecule has 0 aliphatic rings. The molecule has 0 aliphatic carbocycles. The second-order valence-electron chi connectivity index (χ2n) is 5.62. The molecule has 0 saturated carbocycles. The molecule has 0 spiro atoms. The molecule has 4 heteroatoms. The van der Waals surface area contributed by atoms with Crippen molar-refractivity contribution < 1.29 is 14.9 Å². The fraction of sp³-hybridized carbons (Fsp3) is 0.600. The van der Waals surface area contributed by atoms with E-state index in [4.69, 9.17) is 4.74 Å². The summed E-state index contributed by atoms with van der Waals surface area (Å²) >= 11 is 0. The summed E-state index contributed by atoms with van der Waals surface area (Å²) in [6.45, 7) is 7.36. The van der Waals surface area contributed by atoms with E-state index in [0.29, 0.717) is 25.4 Å². The predicted molar refractivity (Wildman–Crippen MR) is 76.5 cm³/mol. The molecular formula is C15H25NO3. The van der Waals surface area contributed by atoms with Gasteiger partial charge in [-0.1, -0.05) is 13.0 Å². The third-order valence-electron chi connectivity index (χ3n) is 2.63. The number of nitrogens with zero attached hydrogens (tertiary/aromatic N) is 1. The zero-order chi connectivity index (χ0) is 14.5. The Hall–Kier alpha value is -1.26. The zero-order valence-electron chi connectivity index (χ0n) is 12.3. The van der Waals surface area contributed by atoms with Crippen LogP contribution in [0.1, 0.15) is 32.8 Å². The van der Waals surface area contributed by atoms with E-state index in [1.165, 1.54) is 0 Å². The van der Waals surface area contributed by atoms with Crippen LogP contribution in [0.4, 0.5) is 0 Å². The maximum absolute atomic E-state index is 9.97. The minimum absolute atomic E-state index is 0.233. The number of ether oxygens (including phenoxy) is 1. The molecule has 0 bridgehead atoms. The summed E-state index contributed by atoms with van der Waals surface area (Å²) in [7, 11) is 1.92. The SMILES string of the molecule is CCCOc1ccc(CN(C)CC(C)(C)O)c(O)c1. The molecule has 0 radical (unpaired) electrons. The molecule has 0 atom stereocenters. The second kappa shape index (κ2) is 6.78. The summed E-state index contributed by atoms with van der Waals surface area (Å²) in [6, 6.07) is 5.37. The highest BCUT2D eigenvalue weighted by molar-refractivity contribution is 5.39. The Morgan fingerprint density at radius 1 is 1.32 bits per heavy atom. The Morgan fingerprint density at radius 3 is 2.53 bits per heavy atom. The van der Waals surface area contributed by atoms with Gasteiger partial charge in [0.1, 0.15) is 11.5 Å². The number of phenols is 1. The summed E-state index contributed by atoms with van der Waals surface area (Å²) in [4.78, 5) is 1.97. The fourth-order valence-electron chi connectivity index (χ4n) is 1.99. The Bertz CT molecular complexity index is 399. The molecule has 1 aromatic rings. The highest BCUT2D eigenvalue weighted by Crippen LogP contribution is 2.25. The predicted octanol–water partition coefficient (Wildman–Crippen LogP) is 2.38. The van der Waals surface area contributed by atoms with E-state index in [0.717, 1.165) is 12.0 Å².